The van der Waals surface area contributed by atoms with Gasteiger partial charge in [-0.2, -0.15) is 5.10 Å². The maximum Gasteiger partial charge on any atom is 0.315 e. The first-order valence-electron chi connectivity index (χ1n) is 6.72. The average molecular weight is 281 g/mol. The molecule has 1 aliphatic rings. The number of nitrogens with zero attached hydrogens (tertiary/aromatic N) is 2. The molecule has 2 rings (SSSR count). The smallest absolute Gasteiger partial charge is 0.315 e. The van der Waals surface area contributed by atoms with Crippen molar-refractivity contribution in [1.29, 1.82) is 0 Å². The summed E-state index contributed by atoms with van der Waals surface area (Å²) in [4.78, 5) is 27.0. The molecule has 1 aromatic rings. The van der Waals surface area contributed by atoms with Crippen LogP contribution >= 0.6 is 0 Å². The molecule has 1 fully saturated rings. The Balaban J connectivity index is 1.80. The van der Waals surface area contributed by atoms with Gasteiger partial charge in [0.1, 0.15) is 12.2 Å². The van der Waals surface area contributed by atoms with Crippen molar-refractivity contribution in [2.75, 3.05) is 6.54 Å². The molecule has 0 spiro atoms. The number of carbonyl (C=O) groups excluding carboxylic acids is 1. The van der Waals surface area contributed by atoms with Crippen LogP contribution in [0.4, 0.5) is 4.79 Å². The summed E-state index contributed by atoms with van der Waals surface area (Å²) in [5.41, 5.74) is -0.818. The molecule has 1 aliphatic carbocycles. The molecular formula is C12H19N5O3. The molecule has 0 aliphatic heterocycles. The zero-order valence-electron chi connectivity index (χ0n) is 11.2. The van der Waals surface area contributed by atoms with Gasteiger partial charge in [-0.05, 0) is 12.8 Å². The molecule has 8 heteroatoms. The van der Waals surface area contributed by atoms with E-state index in [0.717, 1.165) is 19.3 Å². The maximum atomic E-state index is 11.7. The molecule has 20 heavy (non-hydrogen) atoms. The van der Waals surface area contributed by atoms with Gasteiger partial charge >= 0.3 is 12.0 Å². The second-order valence-corrected chi connectivity index (χ2v) is 5.11. The Morgan fingerprint density at radius 2 is 2.05 bits per heavy atom. The van der Waals surface area contributed by atoms with Crippen molar-refractivity contribution in [3.05, 3.63) is 12.2 Å². The molecule has 0 saturated heterocycles. The van der Waals surface area contributed by atoms with Crippen LogP contribution in [0.1, 0.15) is 37.9 Å². The number of carboxylic acid groups (broad SMARTS) is 1. The lowest BCUT2D eigenvalue weighted by Gasteiger charge is -2.33. The van der Waals surface area contributed by atoms with Crippen molar-refractivity contribution in [3.8, 4) is 0 Å². The highest BCUT2D eigenvalue weighted by Gasteiger charge is 2.39. The maximum absolute atomic E-state index is 11.7. The fourth-order valence-corrected chi connectivity index (χ4v) is 2.49. The Morgan fingerprint density at radius 1 is 1.30 bits per heavy atom. The van der Waals surface area contributed by atoms with Crippen molar-refractivity contribution >= 4 is 12.0 Å². The van der Waals surface area contributed by atoms with E-state index in [2.05, 4.69) is 25.8 Å². The van der Waals surface area contributed by atoms with E-state index in [4.69, 9.17) is 0 Å². The standard InChI is InChI=1S/C12H19N5O3/c18-10(19)12(4-2-1-3-5-12)7-14-11(20)13-6-9-15-8-16-17-9/h8H,1-7H2,(H,18,19)(H2,13,14,20)(H,15,16,17). The lowest BCUT2D eigenvalue weighted by molar-refractivity contribution is -0.150. The van der Waals surface area contributed by atoms with Crippen LogP contribution in [0.2, 0.25) is 0 Å². The first-order valence-corrected chi connectivity index (χ1v) is 6.72. The van der Waals surface area contributed by atoms with Crippen LogP contribution in [-0.4, -0.2) is 38.8 Å². The fraction of sp³-hybridized carbons (Fsp3) is 0.667. The Labute approximate surface area is 116 Å². The Kier molecular flexibility index (Phi) is 4.54. The number of carboxylic acids is 1. The van der Waals surface area contributed by atoms with Crippen LogP contribution in [0.15, 0.2) is 6.33 Å². The van der Waals surface area contributed by atoms with E-state index >= 15 is 0 Å². The van der Waals surface area contributed by atoms with Gasteiger partial charge in [-0.15, -0.1) is 0 Å². The first kappa shape index (κ1) is 14.3. The third-order valence-corrected chi connectivity index (χ3v) is 3.73. The minimum atomic E-state index is -0.826. The minimum absolute atomic E-state index is 0.157. The number of urea groups is 1. The number of hydrogen-bond donors (Lipinski definition) is 4. The van der Waals surface area contributed by atoms with Gasteiger partial charge in [0.05, 0.1) is 12.0 Å². The van der Waals surface area contributed by atoms with E-state index in [0.29, 0.717) is 18.7 Å². The van der Waals surface area contributed by atoms with Gasteiger partial charge < -0.3 is 15.7 Å². The van der Waals surface area contributed by atoms with E-state index in [-0.39, 0.29) is 13.1 Å². The van der Waals surface area contributed by atoms with Crippen LogP contribution in [0, 0.1) is 5.41 Å². The number of amides is 2. The third kappa shape index (κ3) is 3.46. The average Bonchev–Trinajstić information content (AvgIpc) is 2.97. The monoisotopic (exact) mass is 281 g/mol. The molecule has 1 saturated carbocycles. The molecule has 0 radical (unpaired) electrons. The quantitative estimate of drug-likeness (QED) is 0.631. The van der Waals surface area contributed by atoms with Gasteiger partial charge in [0.15, 0.2) is 0 Å². The Hall–Kier alpha value is -2.12. The number of carbonyl (C=O) groups is 2. The number of nitrogens with one attached hydrogen (secondary N) is 3. The second kappa shape index (κ2) is 6.36. The summed E-state index contributed by atoms with van der Waals surface area (Å²) < 4.78 is 0. The first-order chi connectivity index (χ1) is 9.62. The van der Waals surface area contributed by atoms with Crippen LogP contribution < -0.4 is 10.6 Å². The lowest BCUT2D eigenvalue weighted by atomic mass is 9.74. The number of rotatable bonds is 5. The zero-order valence-corrected chi connectivity index (χ0v) is 11.2. The third-order valence-electron chi connectivity index (χ3n) is 3.73. The van der Waals surface area contributed by atoms with Crippen LogP contribution in [0.3, 0.4) is 0 Å². The van der Waals surface area contributed by atoms with Crippen LogP contribution in [0.5, 0.6) is 0 Å². The molecule has 1 heterocycles. The second-order valence-electron chi connectivity index (χ2n) is 5.11. The van der Waals surface area contributed by atoms with Crippen molar-refractivity contribution in [2.24, 2.45) is 5.41 Å². The van der Waals surface area contributed by atoms with Crippen molar-refractivity contribution in [2.45, 2.75) is 38.6 Å². The van der Waals surface area contributed by atoms with E-state index in [1.54, 1.807) is 0 Å². The van der Waals surface area contributed by atoms with Gasteiger partial charge in [-0.3, -0.25) is 9.89 Å². The fourth-order valence-electron chi connectivity index (χ4n) is 2.49. The van der Waals surface area contributed by atoms with E-state index in [9.17, 15) is 14.7 Å². The largest absolute Gasteiger partial charge is 0.481 e. The normalized spacial score (nSPS) is 17.4. The van der Waals surface area contributed by atoms with Crippen molar-refractivity contribution in [1.82, 2.24) is 25.8 Å². The van der Waals surface area contributed by atoms with Gasteiger partial charge in [-0.1, -0.05) is 19.3 Å². The Morgan fingerprint density at radius 3 is 2.65 bits per heavy atom. The molecule has 0 unspecified atom stereocenters. The highest BCUT2D eigenvalue weighted by molar-refractivity contribution is 5.78. The number of aromatic nitrogens is 3. The molecule has 0 bridgehead atoms. The lowest BCUT2D eigenvalue weighted by Crippen LogP contribution is -2.47. The summed E-state index contributed by atoms with van der Waals surface area (Å²) in [7, 11) is 0. The Bertz CT molecular complexity index is 454. The minimum Gasteiger partial charge on any atom is -0.481 e. The van der Waals surface area contributed by atoms with Crippen LogP contribution in [0.25, 0.3) is 0 Å². The predicted molar refractivity (Wildman–Crippen MR) is 69.8 cm³/mol. The number of aromatic amines is 1. The number of hydrogen-bond acceptors (Lipinski definition) is 4. The summed E-state index contributed by atoms with van der Waals surface area (Å²) in [6.07, 6.45) is 5.44. The highest BCUT2D eigenvalue weighted by Crippen LogP contribution is 2.35. The summed E-state index contributed by atoms with van der Waals surface area (Å²) in [5.74, 6) is -0.279. The van der Waals surface area contributed by atoms with E-state index in [1.165, 1.54) is 6.33 Å². The van der Waals surface area contributed by atoms with Gasteiger partial charge in [-0.25, -0.2) is 9.78 Å². The molecule has 0 aromatic carbocycles. The molecule has 8 nitrogen and oxygen atoms in total. The van der Waals surface area contributed by atoms with Crippen LogP contribution in [-0.2, 0) is 11.3 Å². The molecule has 4 N–H and O–H groups in total. The van der Waals surface area contributed by atoms with E-state index < -0.39 is 17.4 Å². The molecule has 1 aromatic heterocycles. The molecular weight excluding hydrogens is 262 g/mol. The molecule has 0 atom stereocenters. The van der Waals surface area contributed by atoms with Gasteiger partial charge in [0, 0.05) is 6.54 Å². The van der Waals surface area contributed by atoms with Crippen molar-refractivity contribution < 1.29 is 14.7 Å². The number of aliphatic carboxylic acids is 1. The summed E-state index contributed by atoms with van der Waals surface area (Å²) >= 11 is 0. The summed E-state index contributed by atoms with van der Waals surface area (Å²) in [6, 6.07) is -0.396. The van der Waals surface area contributed by atoms with E-state index in [1.807, 2.05) is 0 Å². The topological polar surface area (TPSA) is 120 Å². The van der Waals surface area contributed by atoms with Crippen molar-refractivity contribution in [3.63, 3.8) is 0 Å². The zero-order chi connectivity index (χ0) is 14.4. The highest BCUT2D eigenvalue weighted by atomic mass is 16.4. The SMILES string of the molecule is O=C(NCc1ncn[nH]1)NCC1(C(=O)O)CCCCC1. The summed E-state index contributed by atoms with van der Waals surface area (Å²) in [5, 5.41) is 20.9. The predicted octanol–water partition coefficient (Wildman–Crippen LogP) is 0.639. The van der Waals surface area contributed by atoms with Gasteiger partial charge in [0.25, 0.3) is 0 Å². The molecule has 2 amide bonds. The summed E-state index contributed by atoms with van der Waals surface area (Å²) in [6.45, 7) is 0.385. The van der Waals surface area contributed by atoms with Gasteiger partial charge in [0.2, 0.25) is 0 Å². The molecule has 110 valence electrons. The number of H-pyrrole nitrogens is 1.